The molecule has 1 heterocycles. The van der Waals surface area contributed by atoms with Crippen molar-refractivity contribution in [2.45, 2.75) is 18.6 Å². The van der Waals surface area contributed by atoms with Gasteiger partial charge in [-0.3, -0.25) is 9.59 Å². The third-order valence-corrected chi connectivity index (χ3v) is 5.24. The molecule has 1 aliphatic rings. The predicted octanol–water partition coefficient (Wildman–Crippen LogP) is 3.58. The van der Waals surface area contributed by atoms with Gasteiger partial charge in [0.25, 0.3) is 0 Å². The molecule has 0 spiro atoms. The number of nitrogens with two attached hydrogens (primary N) is 1. The van der Waals surface area contributed by atoms with Gasteiger partial charge in [-0.05, 0) is 48.9 Å². The molecule has 0 aromatic heterocycles. The second-order valence-electron chi connectivity index (χ2n) is 5.98. The van der Waals surface area contributed by atoms with Crippen LogP contribution in [-0.4, -0.2) is 27.9 Å². The Morgan fingerprint density at radius 2 is 1.79 bits per heavy atom. The van der Waals surface area contributed by atoms with Crippen molar-refractivity contribution < 1.29 is 14.0 Å². The van der Waals surface area contributed by atoms with E-state index in [-0.39, 0.29) is 29.2 Å². The Balaban J connectivity index is 1.69. The van der Waals surface area contributed by atoms with E-state index in [9.17, 15) is 14.0 Å². The van der Waals surface area contributed by atoms with E-state index in [4.69, 9.17) is 17.3 Å². The highest BCUT2D eigenvalue weighted by Crippen LogP contribution is 2.30. The van der Waals surface area contributed by atoms with E-state index in [0.717, 1.165) is 16.7 Å². The molecule has 0 radical (unpaired) electrons. The molecule has 144 valence electrons. The van der Waals surface area contributed by atoms with Gasteiger partial charge in [0.15, 0.2) is 5.17 Å². The number of hydrogen-bond acceptors (Lipinski definition) is 5. The van der Waals surface area contributed by atoms with Crippen LogP contribution in [0.2, 0.25) is 5.02 Å². The molecule has 2 amide bonds. The van der Waals surface area contributed by atoms with E-state index >= 15 is 0 Å². The zero-order chi connectivity index (χ0) is 20.3. The lowest BCUT2D eigenvalue weighted by Gasteiger charge is -2.14. The van der Waals surface area contributed by atoms with E-state index in [0.29, 0.717) is 22.0 Å². The van der Waals surface area contributed by atoms with Crippen LogP contribution >= 0.6 is 23.4 Å². The molecule has 2 N–H and O–H groups in total. The molecule has 28 heavy (non-hydrogen) atoms. The second-order valence-corrected chi connectivity index (χ2v) is 7.64. The first-order valence-electron chi connectivity index (χ1n) is 8.28. The first kappa shape index (κ1) is 20.0. The Bertz CT molecular complexity index is 961. The fraction of sp³-hybridized carbons (Fsp3) is 0.158. The van der Waals surface area contributed by atoms with Gasteiger partial charge in [0, 0.05) is 11.4 Å². The van der Waals surface area contributed by atoms with Gasteiger partial charge in [-0.2, -0.15) is 5.10 Å². The molecule has 9 heteroatoms. The Morgan fingerprint density at radius 3 is 2.43 bits per heavy atom. The maximum absolute atomic E-state index is 13.0. The van der Waals surface area contributed by atoms with Crippen LogP contribution in [0.25, 0.3) is 0 Å². The lowest BCUT2D eigenvalue weighted by molar-refractivity contribution is -0.121. The summed E-state index contributed by atoms with van der Waals surface area (Å²) in [6.45, 7) is 1.71. The molecule has 0 bridgehead atoms. The van der Waals surface area contributed by atoms with Gasteiger partial charge in [0.1, 0.15) is 11.1 Å². The molecule has 2 aromatic carbocycles. The first-order valence-corrected chi connectivity index (χ1v) is 9.53. The molecule has 0 aliphatic carbocycles. The number of thioether (sulfide) groups is 1. The Labute approximate surface area is 170 Å². The van der Waals surface area contributed by atoms with E-state index in [1.807, 2.05) is 0 Å². The van der Waals surface area contributed by atoms with Crippen LogP contribution in [-0.2, 0) is 9.59 Å². The van der Waals surface area contributed by atoms with Crippen LogP contribution in [0, 0.1) is 5.82 Å². The molecule has 1 aliphatic heterocycles. The average Bonchev–Trinajstić information content (AvgIpc) is 2.94. The number of nitrogens with zero attached hydrogens (tertiary/aromatic N) is 3. The number of rotatable bonds is 4. The molecule has 1 saturated heterocycles. The molecule has 1 unspecified atom stereocenters. The van der Waals surface area contributed by atoms with Crippen molar-refractivity contribution in [3.8, 4) is 0 Å². The molecule has 1 atom stereocenters. The SMILES string of the molecule is CC(=NN=C(N)SC1CC(=O)N(c2ccc(Cl)cc2)C1=O)c1ccc(F)cc1. The van der Waals surface area contributed by atoms with E-state index in [1.54, 1.807) is 43.3 Å². The summed E-state index contributed by atoms with van der Waals surface area (Å²) in [4.78, 5) is 26.0. The maximum Gasteiger partial charge on any atom is 0.247 e. The van der Waals surface area contributed by atoms with Crippen LogP contribution in [0.3, 0.4) is 0 Å². The standard InChI is InChI=1S/C19H16ClFN4O2S/c1-11(12-2-6-14(21)7-3-12)23-24-19(22)28-16-10-17(26)25(18(16)27)15-8-4-13(20)5-9-15/h2-9,16H,10H2,1H3,(H2,22,24). The van der Waals surface area contributed by atoms with Crippen LogP contribution in [0.5, 0.6) is 0 Å². The molecule has 0 saturated carbocycles. The summed E-state index contributed by atoms with van der Waals surface area (Å²) in [6, 6.07) is 12.3. The third-order valence-electron chi connectivity index (χ3n) is 4.01. The van der Waals surface area contributed by atoms with Gasteiger partial charge in [-0.1, -0.05) is 35.5 Å². The summed E-state index contributed by atoms with van der Waals surface area (Å²) >= 11 is 6.83. The summed E-state index contributed by atoms with van der Waals surface area (Å²) in [5, 5.41) is 7.82. The van der Waals surface area contributed by atoms with Crippen molar-refractivity contribution in [1.82, 2.24) is 0 Å². The fourth-order valence-corrected chi connectivity index (χ4v) is 3.54. The topological polar surface area (TPSA) is 88.1 Å². The summed E-state index contributed by atoms with van der Waals surface area (Å²) in [5.74, 6) is -1.02. The highest BCUT2D eigenvalue weighted by molar-refractivity contribution is 8.14. The Kier molecular flexibility index (Phi) is 6.11. The summed E-state index contributed by atoms with van der Waals surface area (Å²) in [7, 11) is 0. The number of carbonyl (C=O) groups excluding carboxylic acids is 2. The average molecular weight is 419 g/mol. The number of amides is 2. The monoisotopic (exact) mass is 418 g/mol. The number of carbonyl (C=O) groups is 2. The number of hydrogen-bond donors (Lipinski definition) is 1. The fourth-order valence-electron chi connectivity index (χ4n) is 2.60. The van der Waals surface area contributed by atoms with Gasteiger partial charge in [-0.15, -0.1) is 5.10 Å². The molecular formula is C19H16ClFN4O2S. The third kappa shape index (κ3) is 4.58. The minimum atomic E-state index is -0.673. The molecule has 3 rings (SSSR count). The van der Waals surface area contributed by atoms with Gasteiger partial charge in [0.05, 0.1) is 11.4 Å². The van der Waals surface area contributed by atoms with Crippen molar-refractivity contribution in [1.29, 1.82) is 0 Å². The van der Waals surface area contributed by atoms with Gasteiger partial charge >= 0.3 is 0 Å². The summed E-state index contributed by atoms with van der Waals surface area (Å²) in [6.07, 6.45) is 0.0169. The normalized spacial score (nSPS) is 18.1. The van der Waals surface area contributed by atoms with Gasteiger partial charge in [0.2, 0.25) is 11.8 Å². The van der Waals surface area contributed by atoms with E-state index < -0.39 is 5.25 Å². The zero-order valence-corrected chi connectivity index (χ0v) is 16.4. The smallest absolute Gasteiger partial charge is 0.247 e. The van der Waals surface area contributed by atoms with Crippen LogP contribution < -0.4 is 10.6 Å². The zero-order valence-electron chi connectivity index (χ0n) is 14.8. The molecule has 1 fully saturated rings. The van der Waals surface area contributed by atoms with Crippen molar-refractivity contribution in [2.75, 3.05) is 4.90 Å². The van der Waals surface area contributed by atoms with Crippen molar-refractivity contribution >= 4 is 51.7 Å². The summed E-state index contributed by atoms with van der Waals surface area (Å²) in [5.41, 5.74) is 7.56. The minimum absolute atomic E-state index is 0.0169. The highest BCUT2D eigenvalue weighted by atomic mass is 35.5. The van der Waals surface area contributed by atoms with Crippen molar-refractivity contribution in [2.24, 2.45) is 15.9 Å². The number of benzene rings is 2. The van der Waals surface area contributed by atoms with Crippen LogP contribution in [0.1, 0.15) is 18.9 Å². The van der Waals surface area contributed by atoms with Gasteiger partial charge < -0.3 is 5.73 Å². The molecular weight excluding hydrogens is 403 g/mol. The number of anilines is 1. The van der Waals surface area contributed by atoms with E-state index in [1.165, 1.54) is 12.1 Å². The maximum atomic E-state index is 13.0. The Morgan fingerprint density at radius 1 is 1.14 bits per heavy atom. The van der Waals surface area contributed by atoms with Crippen LogP contribution in [0.4, 0.5) is 10.1 Å². The van der Waals surface area contributed by atoms with Gasteiger partial charge in [-0.25, -0.2) is 9.29 Å². The largest absolute Gasteiger partial charge is 0.377 e. The summed E-state index contributed by atoms with van der Waals surface area (Å²) < 4.78 is 13.0. The predicted molar refractivity (Wildman–Crippen MR) is 110 cm³/mol. The minimum Gasteiger partial charge on any atom is -0.377 e. The quantitative estimate of drug-likeness (QED) is 0.355. The molecule has 6 nitrogen and oxygen atoms in total. The van der Waals surface area contributed by atoms with E-state index in [2.05, 4.69) is 10.2 Å². The Hall–Kier alpha value is -2.71. The first-order chi connectivity index (χ1) is 13.3. The van der Waals surface area contributed by atoms with Crippen molar-refractivity contribution in [3.05, 3.63) is 64.9 Å². The number of imide groups is 1. The lowest BCUT2D eigenvalue weighted by atomic mass is 10.1. The highest BCUT2D eigenvalue weighted by Gasteiger charge is 2.40. The van der Waals surface area contributed by atoms with Crippen LogP contribution in [0.15, 0.2) is 58.7 Å². The lowest BCUT2D eigenvalue weighted by Crippen LogP contribution is -2.31. The molecule has 2 aromatic rings. The number of halogens is 2. The second kappa shape index (κ2) is 8.53. The van der Waals surface area contributed by atoms with Crippen molar-refractivity contribution in [3.63, 3.8) is 0 Å². The number of amidine groups is 1.